The van der Waals surface area contributed by atoms with Crippen LogP contribution in [0.2, 0.25) is 0 Å². The number of hydrogen-bond donors (Lipinski definition) is 0. The Morgan fingerprint density at radius 2 is 1.81 bits per heavy atom. The molecule has 0 saturated heterocycles. The molecule has 0 amide bonds. The number of ether oxygens (including phenoxy) is 2. The summed E-state index contributed by atoms with van der Waals surface area (Å²) in [5.41, 5.74) is 1.05. The number of benzene rings is 1. The normalized spacial score (nSPS) is 10.5. The second kappa shape index (κ2) is 7.54. The average molecular weight is 372 g/mol. The van der Waals surface area contributed by atoms with Crippen LogP contribution in [0.4, 0.5) is 0 Å². The van der Waals surface area contributed by atoms with Crippen molar-refractivity contribution in [1.29, 1.82) is 0 Å². The molecule has 1 aromatic rings. The molecule has 5 heteroatoms. The maximum absolute atomic E-state index is 5.77. The summed E-state index contributed by atoms with van der Waals surface area (Å²) < 4.78 is 12.4. The van der Waals surface area contributed by atoms with Crippen LogP contribution in [0.25, 0.3) is 0 Å². The van der Waals surface area contributed by atoms with Crippen LogP contribution in [0.1, 0.15) is 12.0 Å². The van der Waals surface area contributed by atoms with Gasteiger partial charge in [0.2, 0.25) is 0 Å². The number of alkyl halides is 1. The minimum absolute atomic E-state index is 0.487. The lowest BCUT2D eigenvalue weighted by Crippen LogP contribution is -2.02. The van der Waals surface area contributed by atoms with E-state index in [2.05, 4.69) is 31.9 Å². The predicted molar refractivity (Wildman–Crippen MR) is 73.4 cm³/mol. The van der Waals surface area contributed by atoms with Crippen LogP contribution in [-0.4, -0.2) is 20.3 Å². The Kier molecular flexibility index (Phi) is 6.73. The summed E-state index contributed by atoms with van der Waals surface area (Å²) in [5.74, 6) is 1.30. The number of methoxy groups -OCH3 is 1. The summed E-state index contributed by atoms with van der Waals surface area (Å²) in [6.45, 7) is 1.33. The first-order valence-corrected chi connectivity index (χ1v) is 6.96. The largest absolute Gasteiger partial charge is 0.491 e. The lowest BCUT2D eigenvalue weighted by atomic mass is 10.2. The van der Waals surface area contributed by atoms with Crippen LogP contribution in [0, 0.1) is 0 Å². The summed E-state index contributed by atoms with van der Waals surface area (Å²) in [6.07, 6.45) is 0.868. The molecule has 0 bridgehead atoms. The topological polar surface area (TPSA) is 18.5 Å². The number of rotatable bonds is 6. The highest BCUT2D eigenvalue weighted by molar-refractivity contribution is 9.11. The van der Waals surface area contributed by atoms with Gasteiger partial charge in [-0.05, 0) is 49.6 Å². The van der Waals surface area contributed by atoms with Gasteiger partial charge in [0.25, 0.3) is 0 Å². The van der Waals surface area contributed by atoms with Gasteiger partial charge in [0.05, 0.1) is 15.6 Å². The van der Waals surface area contributed by atoms with Crippen LogP contribution in [0.3, 0.4) is 0 Å². The summed E-state index contributed by atoms with van der Waals surface area (Å²) >= 11 is 12.7. The molecule has 0 spiro atoms. The molecule has 0 N–H and O–H groups in total. The van der Waals surface area contributed by atoms with Gasteiger partial charge in [-0.25, -0.2) is 0 Å². The second-order valence-corrected chi connectivity index (χ2v) is 5.19. The molecular weight excluding hydrogens is 359 g/mol. The van der Waals surface area contributed by atoms with Gasteiger partial charge >= 0.3 is 0 Å². The summed E-state index contributed by atoms with van der Waals surface area (Å²) in [4.78, 5) is 0. The second-order valence-electron chi connectivity index (χ2n) is 3.22. The monoisotopic (exact) mass is 370 g/mol. The Bertz CT molecular complexity index is 322. The van der Waals surface area contributed by atoms with Gasteiger partial charge in [0.1, 0.15) is 5.75 Å². The highest BCUT2D eigenvalue weighted by atomic mass is 79.9. The molecule has 0 aliphatic rings. The van der Waals surface area contributed by atoms with Gasteiger partial charge < -0.3 is 9.47 Å². The Morgan fingerprint density at radius 1 is 1.19 bits per heavy atom. The van der Waals surface area contributed by atoms with E-state index in [4.69, 9.17) is 21.1 Å². The van der Waals surface area contributed by atoms with E-state index in [9.17, 15) is 0 Å². The van der Waals surface area contributed by atoms with Crippen molar-refractivity contribution in [3.63, 3.8) is 0 Å². The molecule has 0 fully saturated rings. The highest BCUT2D eigenvalue weighted by Gasteiger charge is 2.08. The maximum Gasteiger partial charge on any atom is 0.147 e. The number of halogens is 3. The van der Waals surface area contributed by atoms with Gasteiger partial charge in [-0.2, -0.15) is 0 Å². The Morgan fingerprint density at radius 3 is 2.31 bits per heavy atom. The standard InChI is InChI=1S/C11H13Br2ClO2/c1-15-3-2-4-16-11-9(12)5-8(7-14)6-10(11)13/h5-6H,2-4,7H2,1H3. The molecular formula is C11H13Br2ClO2. The van der Waals surface area contributed by atoms with Crippen molar-refractivity contribution in [2.24, 2.45) is 0 Å². The van der Waals surface area contributed by atoms with E-state index >= 15 is 0 Å². The molecule has 1 aromatic carbocycles. The summed E-state index contributed by atoms with van der Waals surface area (Å²) in [7, 11) is 1.68. The van der Waals surface area contributed by atoms with Crippen molar-refractivity contribution in [2.45, 2.75) is 12.3 Å². The minimum Gasteiger partial charge on any atom is -0.491 e. The summed E-state index contributed by atoms with van der Waals surface area (Å²) in [6, 6.07) is 3.92. The zero-order valence-electron chi connectivity index (χ0n) is 8.93. The van der Waals surface area contributed by atoms with Crippen molar-refractivity contribution in [2.75, 3.05) is 20.3 Å². The first-order chi connectivity index (χ1) is 7.69. The SMILES string of the molecule is COCCCOc1c(Br)cc(CCl)cc1Br. The van der Waals surface area contributed by atoms with Crippen LogP contribution < -0.4 is 4.74 Å². The average Bonchev–Trinajstić information content (AvgIpc) is 2.26. The fraction of sp³-hybridized carbons (Fsp3) is 0.455. The van der Waals surface area contributed by atoms with E-state index in [1.54, 1.807) is 7.11 Å². The molecule has 0 saturated carbocycles. The van der Waals surface area contributed by atoms with E-state index < -0.39 is 0 Å². The Hall–Kier alpha value is 0.230. The zero-order chi connectivity index (χ0) is 12.0. The minimum atomic E-state index is 0.487. The van der Waals surface area contributed by atoms with Crippen LogP contribution in [-0.2, 0) is 10.6 Å². The van der Waals surface area contributed by atoms with Crippen LogP contribution in [0.5, 0.6) is 5.75 Å². The van der Waals surface area contributed by atoms with Gasteiger partial charge in [-0.3, -0.25) is 0 Å². The molecule has 0 unspecified atom stereocenters. The van der Waals surface area contributed by atoms with E-state index in [1.165, 1.54) is 0 Å². The first kappa shape index (κ1) is 14.3. The lowest BCUT2D eigenvalue weighted by molar-refractivity contribution is 0.171. The maximum atomic E-state index is 5.77. The Labute approximate surface area is 118 Å². The van der Waals surface area contributed by atoms with Crippen LogP contribution in [0.15, 0.2) is 21.1 Å². The van der Waals surface area contributed by atoms with Gasteiger partial charge in [-0.15, -0.1) is 11.6 Å². The molecule has 0 radical (unpaired) electrons. The molecule has 90 valence electrons. The molecule has 2 nitrogen and oxygen atoms in total. The first-order valence-electron chi connectivity index (χ1n) is 4.84. The van der Waals surface area contributed by atoms with E-state index in [0.29, 0.717) is 19.1 Å². The van der Waals surface area contributed by atoms with Crippen molar-refractivity contribution in [1.82, 2.24) is 0 Å². The highest BCUT2D eigenvalue weighted by Crippen LogP contribution is 2.35. The van der Waals surface area contributed by atoms with Crippen molar-refractivity contribution in [3.05, 3.63) is 26.6 Å². The quantitative estimate of drug-likeness (QED) is 0.545. The molecule has 0 aliphatic carbocycles. The molecule has 16 heavy (non-hydrogen) atoms. The van der Waals surface area contributed by atoms with Crippen molar-refractivity contribution < 1.29 is 9.47 Å². The van der Waals surface area contributed by atoms with Gasteiger partial charge in [0.15, 0.2) is 0 Å². The molecule has 1 rings (SSSR count). The third-order valence-corrected chi connectivity index (χ3v) is 3.44. The molecule has 0 aliphatic heterocycles. The van der Waals surface area contributed by atoms with Gasteiger partial charge in [-0.1, -0.05) is 0 Å². The third kappa shape index (κ3) is 4.24. The summed E-state index contributed by atoms with van der Waals surface area (Å²) in [5, 5.41) is 0. The van der Waals surface area contributed by atoms with E-state index in [1.807, 2.05) is 12.1 Å². The van der Waals surface area contributed by atoms with Crippen molar-refractivity contribution in [3.8, 4) is 5.75 Å². The fourth-order valence-electron chi connectivity index (χ4n) is 1.20. The van der Waals surface area contributed by atoms with Crippen molar-refractivity contribution >= 4 is 43.5 Å². The molecule has 0 aromatic heterocycles. The predicted octanol–water partition coefficient (Wildman–Crippen LogP) is 4.37. The van der Waals surface area contributed by atoms with Crippen LogP contribution >= 0.6 is 43.5 Å². The smallest absolute Gasteiger partial charge is 0.147 e. The zero-order valence-corrected chi connectivity index (χ0v) is 12.9. The lowest BCUT2D eigenvalue weighted by Gasteiger charge is -2.11. The molecule has 0 atom stereocenters. The van der Waals surface area contributed by atoms with E-state index in [-0.39, 0.29) is 0 Å². The van der Waals surface area contributed by atoms with Gasteiger partial charge in [0, 0.05) is 26.0 Å². The third-order valence-electron chi connectivity index (χ3n) is 1.95. The molecule has 0 heterocycles. The Balaban J connectivity index is 2.65. The fourth-order valence-corrected chi connectivity index (χ4v) is 2.87. The number of hydrogen-bond acceptors (Lipinski definition) is 2. The van der Waals surface area contributed by atoms with E-state index in [0.717, 1.165) is 26.7 Å².